The highest BCUT2D eigenvalue weighted by molar-refractivity contribution is 5.95. The van der Waals surface area contributed by atoms with Crippen LogP contribution in [-0.4, -0.2) is 24.7 Å². The zero-order chi connectivity index (χ0) is 12.4. The Morgan fingerprint density at radius 2 is 2.41 bits per heavy atom. The maximum atomic E-state index is 11.7. The molecule has 0 amide bonds. The van der Waals surface area contributed by atoms with Crippen LogP contribution >= 0.6 is 0 Å². The number of anilines is 1. The Morgan fingerprint density at radius 1 is 1.65 bits per heavy atom. The van der Waals surface area contributed by atoms with E-state index in [1.54, 1.807) is 0 Å². The largest absolute Gasteiger partial charge is 0.465 e. The molecule has 0 aromatic carbocycles. The van der Waals surface area contributed by atoms with Gasteiger partial charge in [0.2, 0.25) is 0 Å². The summed E-state index contributed by atoms with van der Waals surface area (Å²) in [7, 11) is 1.27. The molecule has 0 atom stereocenters. The second-order valence-electron chi connectivity index (χ2n) is 3.58. The molecule has 1 aliphatic heterocycles. The SMILES string of the molecule is COC(=O)c1c(C#N)c(N)nc2c1CCOC2. The van der Waals surface area contributed by atoms with Gasteiger partial charge in [-0.3, -0.25) is 0 Å². The minimum atomic E-state index is -0.561. The van der Waals surface area contributed by atoms with Crippen molar-refractivity contribution in [1.29, 1.82) is 5.26 Å². The first-order chi connectivity index (χ1) is 8.19. The molecule has 0 radical (unpaired) electrons. The number of nitrogens with zero attached hydrogens (tertiary/aromatic N) is 2. The molecule has 1 aliphatic rings. The highest BCUT2D eigenvalue weighted by Gasteiger charge is 2.25. The Hall–Kier alpha value is -2.13. The Balaban J connectivity index is 2.71. The monoisotopic (exact) mass is 233 g/mol. The molecule has 1 aromatic rings. The Labute approximate surface area is 98.0 Å². The number of pyridine rings is 1. The van der Waals surface area contributed by atoms with E-state index in [-0.39, 0.29) is 16.9 Å². The van der Waals surface area contributed by atoms with Gasteiger partial charge in [-0.1, -0.05) is 0 Å². The van der Waals surface area contributed by atoms with Crippen LogP contribution in [0.4, 0.5) is 5.82 Å². The fourth-order valence-electron chi connectivity index (χ4n) is 1.86. The molecule has 88 valence electrons. The lowest BCUT2D eigenvalue weighted by Crippen LogP contribution is -2.20. The summed E-state index contributed by atoms with van der Waals surface area (Å²) in [6.07, 6.45) is 0.529. The molecule has 0 spiro atoms. The number of methoxy groups -OCH3 is 1. The van der Waals surface area contributed by atoms with Gasteiger partial charge in [0.15, 0.2) is 0 Å². The predicted molar refractivity (Wildman–Crippen MR) is 58.1 cm³/mol. The average Bonchev–Trinajstić information content (AvgIpc) is 2.36. The third kappa shape index (κ3) is 1.81. The lowest BCUT2D eigenvalue weighted by atomic mass is 9.97. The van der Waals surface area contributed by atoms with Crippen molar-refractivity contribution in [1.82, 2.24) is 4.98 Å². The molecule has 0 unspecified atom stereocenters. The van der Waals surface area contributed by atoms with Crippen LogP contribution in [-0.2, 0) is 22.5 Å². The summed E-state index contributed by atoms with van der Waals surface area (Å²) >= 11 is 0. The van der Waals surface area contributed by atoms with Crippen LogP contribution in [0.2, 0.25) is 0 Å². The van der Waals surface area contributed by atoms with Gasteiger partial charge in [0.1, 0.15) is 17.5 Å². The number of aromatic nitrogens is 1. The van der Waals surface area contributed by atoms with Crippen LogP contribution in [0.3, 0.4) is 0 Å². The van der Waals surface area contributed by atoms with Gasteiger partial charge >= 0.3 is 5.97 Å². The lowest BCUT2D eigenvalue weighted by Gasteiger charge is -2.19. The van der Waals surface area contributed by atoms with Gasteiger partial charge in [0, 0.05) is 0 Å². The lowest BCUT2D eigenvalue weighted by molar-refractivity contribution is 0.0593. The number of rotatable bonds is 1. The summed E-state index contributed by atoms with van der Waals surface area (Å²) in [5, 5.41) is 9.04. The maximum Gasteiger partial charge on any atom is 0.339 e. The van der Waals surface area contributed by atoms with E-state index in [1.807, 2.05) is 6.07 Å². The summed E-state index contributed by atoms with van der Waals surface area (Å²) in [4.78, 5) is 15.8. The van der Waals surface area contributed by atoms with Crippen LogP contribution in [0.5, 0.6) is 0 Å². The smallest absolute Gasteiger partial charge is 0.339 e. The van der Waals surface area contributed by atoms with E-state index in [0.717, 1.165) is 0 Å². The van der Waals surface area contributed by atoms with Crippen LogP contribution in [0.1, 0.15) is 27.2 Å². The summed E-state index contributed by atoms with van der Waals surface area (Å²) in [5.41, 5.74) is 7.26. The molecule has 1 aromatic heterocycles. The number of carbonyl (C=O) groups is 1. The third-order valence-electron chi connectivity index (χ3n) is 2.65. The van der Waals surface area contributed by atoms with Gasteiger partial charge in [-0.2, -0.15) is 5.26 Å². The van der Waals surface area contributed by atoms with Crippen molar-refractivity contribution in [3.8, 4) is 6.07 Å². The Morgan fingerprint density at radius 3 is 3.06 bits per heavy atom. The summed E-state index contributed by atoms with van der Waals surface area (Å²) in [5.74, 6) is -0.522. The van der Waals surface area contributed by atoms with Crippen LogP contribution in [0.25, 0.3) is 0 Å². The number of hydrogen-bond acceptors (Lipinski definition) is 6. The summed E-state index contributed by atoms with van der Waals surface area (Å²) in [6, 6.07) is 1.90. The highest BCUT2D eigenvalue weighted by Crippen LogP contribution is 2.26. The minimum absolute atomic E-state index is 0.0390. The molecule has 2 N–H and O–H groups in total. The number of nitrogen functional groups attached to an aromatic ring is 1. The second kappa shape index (κ2) is 4.39. The normalized spacial score (nSPS) is 13.6. The zero-order valence-electron chi connectivity index (χ0n) is 9.32. The van der Waals surface area contributed by atoms with Crippen molar-refractivity contribution in [2.24, 2.45) is 0 Å². The van der Waals surface area contributed by atoms with Crippen molar-refractivity contribution in [2.75, 3.05) is 19.5 Å². The van der Waals surface area contributed by atoms with Gasteiger partial charge in [-0.15, -0.1) is 0 Å². The number of esters is 1. The Bertz CT molecular complexity index is 520. The highest BCUT2D eigenvalue weighted by atomic mass is 16.5. The van der Waals surface area contributed by atoms with Crippen molar-refractivity contribution in [2.45, 2.75) is 13.0 Å². The number of hydrogen-bond donors (Lipinski definition) is 1. The van der Waals surface area contributed by atoms with Crippen molar-refractivity contribution < 1.29 is 14.3 Å². The zero-order valence-corrected chi connectivity index (χ0v) is 9.32. The van der Waals surface area contributed by atoms with Gasteiger partial charge in [0.05, 0.1) is 31.6 Å². The van der Waals surface area contributed by atoms with Crippen LogP contribution in [0, 0.1) is 11.3 Å². The van der Waals surface area contributed by atoms with Gasteiger partial charge < -0.3 is 15.2 Å². The van der Waals surface area contributed by atoms with E-state index >= 15 is 0 Å². The van der Waals surface area contributed by atoms with Gasteiger partial charge in [-0.05, 0) is 12.0 Å². The molecular weight excluding hydrogens is 222 g/mol. The van der Waals surface area contributed by atoms with Crippen molar-refractivity contribution in [3.63, 3.8) is 0 Å². The van der Waals surface area contributed by atoms with E-state index < -0.39 is 5.97 Å². The summed E-state index contributed by atoms with van der Waals surface area (Å²) in [6.45, 7) is 0.794. The molecule has 2 heterocycles. The molecule has 6 heteroatoms. The molecule has 0 bridgehead atoms. The van der Waals surface area contributed by atoms with E-state index in [9.17, 15) is 4.79 Å². The topological polar surface area (TPSA) is 98.2 Å². The van der Waals surface area contributed by atoms with Crippen LogP contribution in [0.15, 0.2) is 0 Å². The molecule has 0 saturated heterocycles. The number of fused-ring (bicyclic) bond motifs is 1. The number of ether oxygens (including phenoxy) is 2. The van der Waals surface area contributed by atoms with E-state index in [2.05, 4.69) is 9.72 Å². The Kier molecular flexibility index (Phi) is 2.93. The predicted octanol–water partition coefficient (Wildman–Crippen LogP) is 0.395. The molecule has 0 saturated carbocycles. The summed E-state index contributed by atoms with van der Waals surface area (Å²) < 4.78 is 9.93. The van der Waals surface area contributed by atoms with Gasteiger partial charge in [-0.25, -0.2) is 9.78 Å². The first kappa shape index (κ1) is 11.4. The molecule has 2 rings (SSSR count). The standard InChI is InChI=1S/C11H11N3O3/c1-16-11(15)9-6-2-3-17-5-8(6)14-10(13)7(9)4-12/h2-3,5H2,1H3,(H2,13,14). The van der Waals surface area contributed by atoms with E-state index in [1.165, 1.54) is 7.11 Å². The van der Waals surface area contributed by atoms with Crippen LogP contribution < -0.4 is 5.73 Å². The molecule has 0 aliphatic carbocycles. The average molecular weight is 233 g/mol. The molecule has 6 nitrogen and oxygen atoms in total. The first-order valence-electron chi connectivity index (χ1n) is 5.06. The quantitative estimate of drug-likeness (QED) is 0.705. The maximum absolute atomic E-state index is 11.7. The van der Waals surface area contributed by atoms with E-state index in [4.69, 9.17) is 15.7 Å². The molecule has 0 fully saturated rings. The number of nitrogens with two attached hydrogens (primary N) is 1. The molecular formula is C11H11N3O3. The van der Waals surface area contributed by atoms with E-state index in [0.29, 0.717) is 30.9 Å². The molecule has 17 heavy (non-hydrogen) atoms. The number of nitriles is 1. The fraction of sp³-hybridized carbons (Fsp3) is 0.364. The minimum Gasteiger partial charge on any atom is -0.465 e. The third-order valence-corrected chi connectivity index (χ3v) is 2.65. The number of carbonyl (C=O) groups excluding carboxylic acids is 1. The van der Waals surface area contributed by atoms with Crippen molar-refractivity contribution >= 4 is 11.8 Å². The fourth-order valence-corrected chi connectivity index (χ4v) is 1.86. The van der Waals surface area contributed by atoms with Gasteiger partial charge in [0.25, 0.3) is 0 Å². The second-order valence-corrected chi connectivity index (χ2v) is 3.58. The van der Waals surface area contributed by atoms with Crippen molar-refractivity contribution in [3.05, 3.63) is 22.4 Å². The first-order valence-corrected chi connectivity index (χ1v) is 5.06.